The van der Waals surface area contributed by atoms with Crippen LogP contribution in [0.3, 0.4) is 0 Å². The van der Waals surface area contributed by atoms with Crippen LogP contribution in [0.2, 0.25) is 0 Å². The highest BCUT2D eigenvalue weighted by Crippen LogP contribution is 2.30. The molecule has 0 aliphatic rings. The van der Waals surface area contributed by atoms with Crippen LogP contribution < -0.4 is 4.74 Å². The van der Waals surface area contributed by atoms with E-state index in [1.165, 1.54) is 12.1 Å². The zero-order chi connectivity index (χ0) is 15.5. The summed E-state index contributed by atoms with van der Waals surface area (Å²) in [6, 6.07) is 12.6. The third-order valence-corrected chi connectivity index (χ3v) is 3.29. The van der Waals surface area contributed by atoms with E-state index in [9.17, 15) is 13.9 Å². The van der Waals surface area contributed by atoms with Crippen LogP contribution in [0.25, 0.3) is 0 Å². The van der Waals surface area contributed by atoms with E-state index in [2.05, 4.69) is 0 Å². The Morgan fingerprint density at radius 3 is 2.38 bits per heavy atom. The molecule has 0 aliphatic carbocycles. The minimum atomic E-state index is -3.04. The van der Waals surface area contributed by atoms with Gasteiger partial charge in [-0.1, -0.05) is 36.4 Å². The number of rotatable bonds is 5. The molecule has 2 aromatic rings. The fourth-order valence-electron chi connectivity index (χ4n) is 2.03. The molecule has 0 radical (unpaired) electrons. The van der Waals surface area contributed by atoms with Crippen LogP contribution in [0.4, 0.5) is 8.78 Å². The quantitative estimate of drug-likeness (QED) is 0.894. The Morgan fingerprint density at radius 1 is 1.14 bits per heavy atom. The van der Waals surface area contributed by atoms with Crippen LogP contribution in [0.15, 0.2) is 48.5 Å². The summed E-state index contributed by atoms with van der Waals surface area (Å²) >= 11 is 0. The molecule has 0 bridgehead atoms. The molecule has 0 unspecified atom stereocenters. The second-order valence-electron chi connectivity index (χ2n) is 5.06. The molecule has 0 spiro atoms. The van der Waals surface area contributed by atoms with Crippen molar-refractivity contribution in [3.05, 3.63) is 65.2 Å². The summed E-state index contributed by atoms with van der Waals surface area (Å²) in [7, 11) is 0. The van der Waals surface area contributed by atoms with Gasteiger partial charge in [0.15, 0.2) is 6.61 Å². The Balaban J connectivity index is 2.09. The smallest absolute Gasteiger partial charge is 0.306 e. The monoisotopic (exact) mass is 292 g/mol. The third kappa shape index (κ3) is 3.79. The molecule has 0 saturated heterocycles. The van der Waals surface area contributed by atoms with Gasteiger partial charge < -0.3 is 9.84 Å². The maximum absolute atomic E-state index is 14.0. The molecule has 2 nitrogen and oxygen atoms in total. The van der Waals surface area contributed by atoms with Gasteiger partial charge in [0.2, 0.25) is 0 Å². The van der Waals surface area contributed by atoms with E-state index in [4.69, 9.17) is 4.74 Å². The molecule has 112 valence electrons. The Bertz CT molecular complexity index is 595. The number of alkyl halides is 2. The first-order valence-electron chi connectivity index (χ1n) is 6.75. The molecule has 0 saturated carbocycles. The van der Waals surface area contributed by atoms with Crippen LogP contribution in [0.1, 0.15) is 29.7 Å². The van der Waals surface area contributed by atoms with Gasteiger partial charge in [0.1, 0.15) is 5.75 Å². The van der Waals surface area contributed by atoms with Crippen molar-refractivity contribution in [2.45, 2.75) is 25.9 Å². The molecular weight excluding hydrogens is 274 g/mol. The summed E-state index contributed by atoms with van der Waals surface area (Å²) in [5, 5.41) is 9.49. The predicted molar refractivity (Wildman–Crippen MR) is 77.6 cm³/mol. The Morgan fingerprint density at radius 2 is 1.81 bits per heavy atom. The van der Waals surface area contributed by atoms with Crippen LogP contribution in [0.5, 0.6) is 5.75 Å². The topological polar surface area (TPSA) is 29.5 Å². The van der Waals surface area contributed by atoms with E-state index in [-0.39, 0.29) is 5.56 Å². The number of aliphatic hydroxyl groups excluding tert-OH is 1. The average molecular weight is 292 g/mol. The lowest BCUT2D eigenvalue weighted by Gasteiger charge is -2.19. The molecule has 0 fully saturated rings. The Hall–Kier alpha value is -1.94. The van der Waals surface area contributed by atoms with E-state index in [1.54, 1.807) is 50.2 Å². The van der Waals surface area contributed by atoms with Crippen molar-refractivity contribution in [2.75, 3.05) is 6.61 Å². The molecule has 4 heteroatoms. The first-order chi connectivity index (χ1) is 9.90. The zero-order valence-electron chi connectivity index (χ0n) is 12.0. The minimum Gasteiger partial charge on any atom is -0.487 e. The maximum atomic E-state index is 14.0. The lowest BCUT2D eigenvalue weighted by molar-refractivity contribution is -0.0468. The normalized spacial score (nSPS) is 13.0. The first-order valence-corrected chi connectivity index (χ1v) is 6.75. The second kappa shape index (κ2) is 6.22. The van der Waals surface area contributed by atoms with Gasteiger partial charge in [0.25, 0.3) is 0 Å². The van der Waals surface area contributed by atoms with E-state index in [1.807, 2.05) is 0 Å². The van der Waals surface area contributed by atoms with Gasteiger partial charge in [-0.05, 0) is 37.1 Å². The summed E-state index contributed by atoms with van der Waals surface area (Å²) in [4.78, 5) is 0. The van der Waals surface area contributed by atoms with Crippen molar-refractivity contribution in [3.63, 3.8) is 0 Å². The predicted octanol–water partition coefficient (Wildman–Crippen LogP) is 4.22. The number of hydrogen-bond acceptors (Lipinski definition) is 2. The zero-order valence-corrected chi connectivity index (χ0v) is 12.0. The van der Waals surface area contributed by atoms with Gasteiger partial charge in [-0.25, -0.2) is 0 Å². The van der Waals surface area contributed by atoms with Crippen LogP contribution in [0, 0.1) is 6.92 Å². The lowest BCUT2D eigenvalue weighted by Crippen LogP contribution is -2.23. The van der Waals surface area contributed by atoms with Gasteiger partial charge in [0.05, 0.1) is 6.10 Å². The van der Waals surface area contributed by atoms with Crippen LogP contribution in [-0.2, 0) is 5.92 Å². The molecular formula is C17H18F2O2. The van der Waals surface area contributed by atoms with Gasteiger partial charge >= 0.3 is 5.92 Å². The first kappa shape index (κ1) is 15.4. The van der Waals surface area contributed by atoms with E-state index < -0.39 is 18.6 Å². The SMILES string of the molecule is Cc1cc([C@@H](C)O)ccc1OCC(F)(F)c1ccccc1. The molecule has 0 aromatic heterocycles. The summed E-state index contributed by atoms with van der Waals surface area (Å²) < 4.78 is 33.3. The maximum Gasteiger partial charge on any atom is 0.306 e. The largest absolute Gasteiger partial charge is 0.487 e. The van der Waals surface area contributed by atoms with Crippen molar-refractivity contribution < 1.29 is 18.6 Å². The number of aliphatic hydroxyl groups is 1. The van der Waals surface area contributed by atoms with Crippen LogP contribution in [-0.4, -0.2) is 11.7 Å². The molecule has 0 heterocycles. The summed E-state index contributed by atoms with van der Waals surface area (Å²) in [6.07, 6.45) is -0.594. The molecule has 2 aromatic carbocycles. The number of benzene rings is 2. The van der Waals surface area contributed by atoms with E-state index in [0.717, 1.165) is 11.1 Å². The van der Waals surface area contributed by atoms with Crippen molar-refractivity contribution in [1.82, 2.24) is 0 Å². The third-order valence-electron chi connectivity index (χ3n) is 3.29. The Labute approximate surface area is 123 Å². The number of hydrogen-bond donors (Lipinski definition) is 1. The highest BCUT2D eigenvalue weighted by molar-refractivity contribution is 5.37. The van der Waals surface area contributed by atoms with E-state index >= 15 is 0 Å². The summed E-state index contributed by atoms with van der Waals surface area (Å²) in [5.41, 5.74) is 1.38. The van der Waals surface area contributed by atoms with Crippen molar-refractivity contribution in [3.8, 4) is 5.75 Å². The number of aryl methyl sites for hydroxylation is 1. The highest BCUT2D eigenvalue weighted by Gasteiger charge is 2.32. The van der Waals surface area contributed by atoms with Crippen molar-refractivity contribution >= 4 is 0 Å². The molecule has 0 aliphatic heterocycles. The Kier molecular flexibility index (Phi) is 4.58. The van der Waals surface area contributed by atoms with Gasteiger partial charge in [-0.15, -0.1) is 0 Å². The van der Waals surface area contributed by atoms with Crippen molar-refractivity contribution in [2.24, 2.45) is 0 Å². The standard InChI is InChI=1S/C17H18F2O2/c1-12-10-14(13(2)20)8-9-16(12)21-11-17(18,19)15-6-4-3-5-7-15/h3-10,13,20H,11H2,1-2H3/t13-/m1/s1. The molecule has 1 atom stereocenters. The molecule has 21 heavy (non-hydrogen) atoms. The minimum absolute atomic E-state index is 0.0664. The number of halogens is 2. The molecule has 1 N–H and O–H groups in total. The van der Waals surface area contributed by atoms with Gasteiger partial charge in [-0.3, -0.25) is 0 Å². The lowest BCUT2D eigenvalue weighted by atomic mass is 10.1. The summed E-state index contributed by atoms with van der Waals surface area (Å²) in [6.45, 7) is 2.70. The van der Waals surface area contributed by atoms with Crippen molar-refractivity contribution in [1.29, 1.82) is 0 Å². The summed E-state index contributed by atoms with van der Waals surface area (Å²) in [5.74, 6) is -2.65. The molecule has 0 amide bonds. The van der Waals surface area contributed by atoms with Gasteiger partial charge in [0, 0.05) is 5.56 Å². The van der Waals surface area contributed by atoms with Crippen LogP contribution >= 0.6 is 0 Å². The fourth-order valence-corrected chi connectivity index (χ4v) is 2.03. The van der Waals surface area contributed by atoms with E-state index in [0.29, 0.717) is 5.75 Å². The second-order valence-corrected chi connectivity index (χ2v) is 5.06. The highest BCUT2D eigenvalue weighted by atomic mass is 19.3. The van der Waals surface area contributed by atoms with Gasteiger partial charge in [-0.2, -0.15) is 8.78 Å². The average Bonchev–Trinajstić information content (AvgIpc) is 2.46. The number of ether oxygens (including phenoxy) is 1. The fraction of sp³-hybridized carbons (Fsp3) is 0.294. The molecule has 2 rings (SSSR count).